The van der Waals surface area contributed by atoms with E-state index in [0.29, 0.717) is 5.82 Å². The van der Waals surface area contributed by atoms with Crippen LogP contribution in [0.15, 0.2) is 38.9 Å². The Morgan fingerprint density at radius 2 is 1.84 bits per heavy atom. The molecule has 8 nitrogen and oxygen atoms in total. The number of hydrogen-bond donors (Lipinski definition) is 1. The average Bonchev–Trinajstić information content (AvgIpc) is 3.59. The molecule has 2 heterocycles. The van der Waals surface area contributed by atoms with Crippen molar-refractivity contribution in [2.75, 3.05) is 11.1 Å². The molecule has 0 atom stereocenters. The Labute approximate surface area is 183 Å². The monoisotopic (exact) mass is 465 g/mol. The zero-order chi connectivity index (χ0) is 23.2. The second-order valence-electron chi connectivity index (χ2n) is 7.45. The molecule has 1 saturated carbocycles. The summed E-state index contributed by atoms with van der Waals surface area (Å²) < 4.78 is 41.7. The van der Waals surface area contributed by atoms with E-state index in [2.05, 4.69) is 15.3 Å². The number of anilines is 1. The van der Waals surface area contributed by atoms with Gasteiger partial charge in [-0.3, -0.25) is 18.7 Å². The standard InChI is InChI=1S/C20H18F3N5O3S/c1-27-16-14(18(30)28(2)19(27)31)17(26-15(25-16)10-7-8-10)32-9-13(29)24-12-6-4-3-5-11(12)20(21,22)23/h3-6,10H,7-9H2,1-2H3,(H,24,29). The van der Waals surface area contributed by atoms with E-state index >= 15 is 0 Å². The number of carbonyl (C=O) groups excluding carboxylic acids is 1. The molecule has 0 spiro atoms. The lowest BCUT2D eigenvalue weighted by molar-refractivity contribution is -0.137. The molecular weight excluding hydrogens is 447 g/mol. The van der Waals surface area contributed by atoms with Gasteiger partial charge in [0.05, 0.1) is 17.0 Å². The van der Waals surface area contributed by atoms with Gasteiger partial charge in [-0.25, -0.2) is 14.8 Å². The molecule has 0 aliphatic heterocycles. The van der Waals surface area contributed by atoms with Crippen LogP contribution in [0.25, 0.3) is 11.0 Å². The van der Waals surface area contributed by atoms with E-state index in [1.807, 2.05) is 0 Å². The summed E-state index contributed by atoms with van der Waals surface area (Å²) >= 11 is 0.914. The first-order chi connectivity index (χ1) is 15.1. The zero-order valence-electron chi connectivity index (χ0n) is 17.1. The van der Waals surface area contributed by atoms with Gasteiger partial charge in [0, 0.05) is 20.0 Å². The summed E-state index contributed by atoms with van der Waals surface area (Å²) in [6.45, 7) is 0. The second-order valence-corrected chi connectivity index (χ2v) is 8.41. The minimum absolute atomic E-state index is 0.0903. The van der Waals surface area contributed by atoms with Gasteiger partial charge in [0.25, 0.3) is 5.56 Å². The van der Waals surface area contributed by atoms with Crippen molar-refractivity contribution in [1.82, 2.24) is 19.1 Å². The third-order valence-electron chi connectivity index (χ3n) is 5.07. The molecule has 12 heteroatoms. The number of benzene rings is 1. The van der Waals surface area contributed by atoms with Crippen molar-refractivity contribution in [3.8, 4) is 0 Å². The van der Waals surface area contributed by atoms with Gasteiger partial charge in [-0.15, -0.1) is 0 Å². The maximum absolute atomic E-state index is 13.2. The number of hydrogen-bond acceptors (Lipinski definition) is 6. The lowest BCUT2D eigenvalue weighted by Crippen LogP contribution is -2.38. The van der Waals surface area contributed by atoms with Gasteiger partial charge < -0.3 is 5.32 Å². The number of para-hydroxylation sites is 1. The molecule has 1 fully saturated rings. The number of nitrogens with one attached hydrogen (secondary N) is 1. The predicted molar refractivity (Wildman–Crippen MR) is 113 cm³/mol. The number of thioether (sulfide) groups is 1. The molecule has 1 aliphatic carbocycles. The molecule has 1 aromatic carbocycles. The van der Waals surface area contributed by atoms with Gasteiger partial charge >= 0.3 is 11.9 Å². The fourth-order valence-corrected chi connectivity index (χ4v) is 4.05. The molecule has 0 bridgehead atoms. The van der Waals surface area contributed by atoms with Crippen LogP contribution in [0.3, 0.4) is 0 Å². The van der Waals surface area contributed by atoms with Crippen LogP contribution in [0.5, 0.6) is 0 Å². The number of amides is 1. The second kappa shape index (κ2) is 8.08. The van der Waals surface area contributed by atoms with Crippen molar-refractivity contribution in [1.29, 1.82) is 0 Å². The van der Waals surface area contributed by atoms with E-state index in [1.54, 1.807) is 0 Å². The largest absolute Gasteiger partial charge is 0.418 e. The Hall–Kier alpha value is -3.15. The summed E-state index contributed by atoms with van der Waals surface area (Å²) in [6.07, 6.45) is -2.86. The van der Waals surface area contributed by atoms with E-state index < -0.39 is 28.9 Å². The van der Waals surface area contributed by atoms with Gasteiger partial charge in [-0.1, -0.05) is 23.9 Å². The quantitative estimate of drug-likeness (QED) is 0.460. The fourth-order valence-electron chi connectivity index (χ4n) is 3.23. The number of alkyl halides is 3. The Morgan fingerprint density at radius 1 is 1.16 bits per heavy atom. The van der Waals surface area contributed by atoms with Crippen molar-refractivity contribution >= 4 is 34.4 Å². The molecule has 0 unspecified atom stereocenters. The van der Waals surface area contributed by atoms with Gasteiger partial charge in [0.1, 0.15) is 16.2 Å². The first kappa shape index (κ1) is 22.1. The summed E-state index contributed by atoms with van der Waals surface area (Å²) in [4.78, 5) is 46.3. The van der Waals surface area contributed by atoms with Crippen molar-refractivity contribution < 1.29 is 18.0 Å². The highest BCUT2D eigenvalue weighted by Crippen LogP contribution is 2.39. The summed E-state index contributed by atoms with van der Waals surface area (Å²) in [5, 5.41) is 2.58. The molecule has 1 amide bonds. The Balaban J connectivity index is 1.66. The average molecular weight is 465 g/mol. The smallest absolute Gasteiger partial charge is 0.325 e. The van der Waals surface area contributed by atoms with Gasteiger partial charge in [-0.05, 0) is 25.0 Å². The molecule has 3 aromatic rings. The molecular formula is C20H18F3N5O3S. The highest BCUT2D eigenvalue weighted by molar-refractivity contribution is 8.00. The van der Waals surface area contributed by atoms with Crippen LogP contribution >= 0.6 is 11.8 Å². The Morgan fingerprint density at radius 3 is 2.50 bits per heavy atom. The van der Waals surface area contributed by atoms with Crippen LogP contribution in [0.2, 0.25) is 0 Å². The third-order valence-corrected chi connectivity index (χ3v) is 6.05. The fraction of sp³-hybridized carbons (Fsp3) is 0.350. The van der Waals surface area contributed by atoms with Crippen LogP contribution in [0, 0.1) is 0 Å². The van der Waals surface area contributed by atoms with E-state index in [-0.39, 0.29) is 33.4 Å². The summed E-state index contributed by atoms with van der Waals surface area (Å²) in [5.74, 6) is -0.376. The van der Waals surface area contributed by atoms with Crippen LogP contribution in [-0.4, -0.2) is 30.8 Å². The molecule has 2 aromatic heterocycles. The van der Waals surface area contributed by atoms with Gasteiger partial charge in [-0.2, -0.15) is 13.2 Å². The van der Waals surface area contributed by atoms with Crippen LogP contribution < -0.4 is 16.6 Å². The minimum atomic E-state index is -4.62. The third kappa shape index (κ3) is 4.14. The zero-order valence-corrected chi connectivity index (χ0v) is 17.9. The molecule has 0 radical (unpaired) electrons. The SMILES string of the molecule is Cn1c(=O)c2c(SCC(=O)Nc3ccccc3C(F)(F)F)nc(C3CC3)nc2n(C)c1=O. The first-order valence-corrected chi connectivity index (χ1v) is 10.6. The highest BCUT2D eigenvalue weighted by Gasteiger charge is 2.33. The number of carbonyl (C=O) groups is 1. The van der Waals surface area contributed by atoms with Crippen LogP contribution in [-0.2, 0) is 25.1 Å². The van der Waals surface area contributed by atoms with Crippen molar-refractivity contribution in [2.24, 2.45) is 14.1 Å². The number of nitrogens with zero attached hydrogens (tertiary/aromatic N) is 4. The van der Waals surface area contributed by atoms with Crippen molar-refractivity contribution in [3.05, 3.63) is 56.5 Å². The van der Waals surface area contributed by atoms with E-state index in [0.717, 1.165) is 35.2 Å². The van der Waals surface area contributed by atoms with Crippen LogP contribution in [0.1, 0.15) is 30.1 Å². The molecule has 1 N–H and O–H groups in total. The lowest BCUT2D eigenvalue weighted by Gasteiger charge is -2.14. The molecule has 0 saturated heterocycles. The minimum Gasteiger partial charge on any atom is -0.325 e. The molecule has 4 rings (SSSR count). The summed E-state index contributed by atoms with van der Waals surface area (Å²) in [7, 11) is 2.82. The molecule has 1 aliphatic rings. The number of halogens is 3. The van der Waals surface area contributed by atoms with Gasteiger partial charge in [0.15, 0.2) is 5.65 Å². The molecule has 168 valence electrons. The maximum atomic E-state index is 13.2. The molecule has 32 heavy (non-hydrogen) atoms. The number of aromatic nitrogens is 4. The summed E-state index contributed by atoms with van der Waals surface area (Å²) in [5.41, 5.74) is -2.28. The Bertz CT molecular complexity index is 1350. The number of fused-ring (bicyclic) bond motifs is 1. The number of aryl methyl sites for hydroxylation is 1. The van der Waals surface area contributed by atoms with Crippen LogP contribution in [0.4, 0.5) is 18.9 Å². The van der Waals surface area contributed by atoms with Gasteiger partial charge in [0.2, 0.25) is 5.91 Å². The normalized spacial score (nSPS) is 14.0. The first-order valence-electron chi connectivity index (χ1n) is 9.64. The maximum Gasteiger partial charge on any atom is 0.418 e. The highest BCUT2D eigenvalue weighted by atomic mass is 32.2. The van der Waals surface area contributed by atoms with E-state index in [4.69, 9.17) is 0 Å². The predicted octanol–water partition coefficient (Wildman–Crippen LogP) is 2.65. The lowest BCUT2D eigenvalue weighted by atomic mass is 10.1. The van der Waals surface area contributed by atoms with Crippen molar-refractivity contribution in [2.45, 2.75) is 30.0 Å². The Kier molecular flexibility index (Phi) is 5.57. The van der Waals surface area contributed by atoms with Crippen molar-refractivity contribution in [3.63, 3.8) is 0 Å². The topological polar surface area (TPSA) is 98.9 Å². The number of rotatable bonds is 5. The van der Waals surface area contributed by atoms with E-state index in [9.17, 15) is 27.6 Å². The summed E-state index contributed by atoms with van der Waals surface area (Å²) in [6, 6.07) is 4.68. The van der Waals surface area contributed by atoms with E-state index in [1.165, 1.54) is 36.9 Å².